The molecule has 17 heavy (non-hydrogen) atoms. The molecule has 0 radical (unpaired) electrons. The van der Waals surface area contributed by atoms with Crippen LogP contribution in [-0.2, 0) is 0 Å². The monoisotopic (exact) mass is 342 g/mol. The summed E-state index contributed by atoms with van der Waals surface area (Å²) in [4.78, 5) is 2.40. The summed E-state index contributed by atoms with van der Waals surface area (Å²) >= 11 is 2.20. The predicted molar refractivity (Wildman–Crippen MR) is 75.0 cm³/mol. The van der Waals surface area contributed by atoms with Crippen molar-refractivity contribution >= 4 is 22.6 Å². The van der Waals surface area contributed by atoms with E-state index in [0.29, 0.717) is 17.9 Å². The molecule has 4 heteroatoms. The summed E-state index contributed by atoms with van der Waals surface area (Å²) in [5, 5.41) is 9.01. The molecule has 1 aliphatic rings. The molecular weight excluding hydrogens is 327 g/mol. The fraction of sp³-hybridized carbons (Fsp3) is 0.462. The molecule has 0 N–H and O–H groups in total. The van der Waals surface area contributed by atoms with Gasteiger partial charge in [-0.15, -0.1) is 0 Å². The molecule has 0 aromatic heterocycles. The molecule has 0 saturated carbocycles. The third kappa shape index (κ3) is 3.58. The Morgan fingerprint density at radius 3 is 2.82 bits per heavy atom. The zero-order valence-electron chi connectivity index (χ0n) is 9.66. The highest BCUT2D eigenvalue weighted by Crippen LogP contribution is 2.20. The Labute approximate surface area is 116 Å². The number of likely N-dealkylation sites (tertiary alicyclic amines) is 1. The molecule has 0 aliphatic carbocycles. The van der Waals surface area contributed by atoms with Gasteiger partial charge >= 0.3 is 0 Å². The number of hydrogen-bond acceptors (Lipinski definition) is 3. The van der Waals surface area contributed by atoms with Crippen molar-refractivity contribution in [1.29, 1.82) is 5.26 Å². The van der Waals surface area contributed by atoms with Crippen molar-refractivity contribution in [2.75, 3.05) is 26.2 Å². The number of halogens is 1. The second-order valence-corrected chi connectivity index (χ2v) is 5.40. The summed E-state index contributed by atoms with van der Waals surface area (Å²) in [6.45, 7) is 3.98. The Balaban J connectivity index is 1.88. The van der Waals surface area contributed by atoms with E-state index in [1.165, 1.54) is 25.9 Å². The van der Waals surface area contributed by atoms with Crippen LogP contribution in [0.2, 0.25) is 0 Å². The van der Waals surface area contributed by atoms with Gasteiger partial charge in [0.1, 0.15) is 18.4 Å². The first-order chi connectivity index (χ1) is 8.29. The highest BCUT2D eigenvalue weighted by molar-refractivity contribution is 14.1. The first kappa shape index (κ1) is 12.7. The number of ether oxygens (including phenoxy) is 1. The summed E-state index contributed by atoms with van der Waals surface area (Å²) in [6.07, 6.45) is 2.60. The van der Waals surface area contributed by atoms with Gasteiger partial charge in [0.25, 0.3) is 0 Å². The quantitative estimate of drug-likeness (QED) is 0.790. The van der Waals surface area contributed by atoms with Crippen LogP contribution in [0.25, 0.3) is 0 Å². The minimum atomic E-state index is 0.623. The van der Waals surface area contributed by atoms with Crippen molar-refractivity contribution in [2.45, 2.75) is 12.8 Å². The standard InChI is InChI=1S/C13H15IN2O/c14-12-3-4-13(11(9-12)10-15)17-8-7-16-5-1-2-6-16/h3-4,9H,1-2,5-8H2. The SMILES string of the molecule is N#Cc1cc(I)ccc1OCCN1CCCC1. The Bertz CT molecular complexity index is 422. The van der Waals surface area contributed by atoms with Gasteiger partial charge in [-0.05, 0) is 66.7 Å². The Hall–Kier alpha value is -0.800. The van der Waals surface area contributed by atoms with E-state index in [9.17, 15) is 0 Å². The van der Waals surface area contributed by atoms with Crippen LogP contribution in [0.4, 0.5) is 0 Å². The van der Waals surface area contributed by atoms with E-state index in [1.807, 2.05) is 18.2 Å². The average molecular weight is 342 g/mol. The van der Waals surface area contributed by atoms with Gasteiger partial charge in [-0.2, -0.15) is 5.26 Å². The third-order valence-corrected chi connectivity index (χ3v) is 3.60. The smallest absolute Gasteiger partial charge is 0.137 e. The van der Waals surface area contributed by atoms with Crippen molar-refractivity contribution in [1.82, 2.24) is 4.90 Å². The molecule has 0 amide bonds. The second kappa shape index (κ2) is 6.22. The number of rotatable bonds is 4. The van der Waals surface area contributed by atoms with E-state index < -0.39 is 0 Å². The number of nitriles is 1. The lowest BCUT2D eigenvalue weighted by Gasteiger charge is -2.15. The van der Waals surface area contributed by atoms with Crippen LogP contribution < -0.4 is 4.74 Å². The molecule has 1 saturated heterocycles. The Morgan fingerprint density at radius 1 is 1.35 bits per heavy atom. The van der Waals surface area contributed by atoms with E-state index >= 15 is 0 Å². The van der Waals surface area contributed by atoms with Gasteiger partial charge < -0.3 is 4.74 Å². The van der Waals surface area contributed by atoms with Crippen LogP contribution in [0.1, 0.15) is 18.4 Å². The van der Waals surface area contributed by atoms with E-state index in [-0.39, 0.29) is 0 Å². The lowest BCUT2D eigenvalue weighted by Crippen LogP contribution is -2.25. The Kier molecular flexibility index (Phi) is 4.63. The first-order valence-electron chi connectivity index (χ1n) is 5.84. The summed E-state index contributed by atoms with van der Waals surface area (Å²) in [5.74, 6) is 0.701. The lowest BCUT2D eigenvalue weighted by molar-refractivity contribution is 0.237. The normalized spacial score (nSPS) is 15.8. The maximum Gasteiger partial charge on any atom is 0.137 e. The van der Waals surface area contributed by atoms with Gasteiger partial charge in [-0.3, -0.25) is 4.90 Å². The van der Waals surface area contributed by atoms with Crippen LogP contribution >= 0.6 is 22.6 Å². The molecule has 0 atom stereocenters. The first-order valence-corrected chi connectivity index (χ1v) is 6.92. The minimum Gasteiger partial charge on any atom is -0.491 e. The molecule has 1 heterocycles. The number of nitrogens with zero attached hydrogens (tertiary/aromatic N) is 2. The van der Waals surface area contributed by atoms with Gasteiger partial charge in [-0.1, -0.05) is 0 Å². The van der Waals surface area contributed by atoms with Crippen LogP contribution in [0.5, 0.6) is 5.75 Å². The average Bonchev–Trinajstić information content (AvgIpc) is 2.84. The van der Waals surface area contributed by atoms with Crippen LogP contribution in [-0.4, -0.2) is 31.1 Å². The molecule has 1 fully saturated rings. The Morgan fingerprint density at radius 2 is 2.12 bits per heavy atom. The van der Waals surface area contributed by atoms with Crippen molar-refractivity contribution in [2.24, 2.45) is 0 Å². The number of benzene rings is 1. The lowest BCUT2D eigenvalue weighted by atomic mass is 10.2. The fourth-order valence-electron chi connectivity index (χ4n) is 2.01. The molecular formula is C13H15IN2O. The minimum absolute atomic E-state index is 0.623. The highest BCUT2D eigenvalue weighted by atomic mass is 127. The second-order valence-electron chi connectivity index (χ2n) is 4.15. The zero-order chi connectivity index (χ0) is 12.1. The molecule has 0 unspecified atom stereocenters. The van der Waals surface area contributed by atoms with Gasteiger partial charge in [0, 0.05) is 10.1 Å². The number of hydrogen-bond donors (Lipinski definition) is 0. The summed E-state index contributed by atoms with van der Waals surface area (Å²) in [6, 6.07) is 7.87. The molecule has 1 aliphatic heterocycles. The summed E-state index contributed by atoms with van der Waals surface area (Å²) in [5.41, 5.74) is 0.623. The van der Waals surface area contributed by atoms with Crippen molar-refractivity contribution in [3.05, 3.63) is 27.3 Å². The van der Waals surface area contributed by atoms with Gasteiger partial charge in [-0.25, -0.2) is 0 Å². The summed E-state index contributed by atoms with van der Waals surface area (Å²) in [7, 11) is 0. The summed E-state index contributed by atoms with van der Waals surface area (Å²) < 4.78 is 6.74. The van der Waals surface area contributed by atoms with Crippen molar-refractivity contribution < 1.29 is 4.74 Å². The molecule has 0 spiro atoms. The van der Waals surface area contributed by atoms with Crippen LogP contribution in [0, 0.1) is 14.9 Å². The van der Waals surface area contributed by atoms with Crippen molar-refractivity contribution in [3.63, 3.8) is 0 Å². The van der Waals surface area contributed by atoms with Crippen LogP contribution in [0.3, 0.4) is 0 Å². The van der Waals surface area contributed by atoms with E-state index in [1.54, 1.807) is 0 Å². The van der Waals surface area contributed by atoms with Crippen molar-refractivity contribution in [3.8, 4) is 11.8 Å². The fourth-order valence-corrected chi connectivity index (χ4v) is 2.50. The predicted octanol–water partition coefficient (Wildman–Crippen LogP) is 2.64. The molecule has 90 valence electrons. The molecule has 2 rings (SSSR count). The topological polar surface area (TPSA) is 36.3 Å². The maximum absolute atomic E-state index is 9.01. The maximum atomic E-state index is 9.01. The molecule has 0 bridgehead atoms. The third-order valence-electron chi connectivity index (χ3n) is 2.93. The van der Waals surface area contributed by atoms with E-state index in [2.05, 4.69) is 33.6 Å². The molecule has 3 nitrogen and oxygen atoms in total. The zero-order valence-corrected chi connectivity index (χ0v) is 11.8. The van der Waals surface area contributed by atoms with E-state index in [0.717, 1.165) is 10.1 Å². The van der Waals surface area contributed by atoms with Crippen LogP contribution in [0.15, 0.2) is 18.2 Å². The largest absolute Gasteiger partial charge is 0.491 e. The van der Waals surface area contributed by atoms with Gasteiger partial charge in [0.2, 0.25) is 0 Å². The van der Waals surface area contributed by atoms with Gasteiger partial charge in [0.15, 0.2) is 0 Å². The molecule has 1 aromatic carbocycles. The van der Waals surface area contributed by atoms with E-state index in [4.69, 9.17) is 10.00 Å². The molecule has 1 aromatic rings. The highest BCUT2D eigenvalue weighted by Gasteiger charge is 2.11. The van der Waals surface area contributed by atoms with Gasteiger partial charge in [0.05, 0.1) is 5.56 Å².